The van der Waals surface area contributed by atoms with E-state index in [1.54, 1.807) is 0 Å². The lowest BCUT2D eigenvalue weighted by Crippen LogP contribution is -2.07. The summed E-state index contributed by atoms with van der Waals surface area (Å²) in [5.74, 6) is -0.482. The van der Waals surface area contributed by atoms with Crippen LogP contribution in [0.1, 0.15) is 5.56 Å². The molecule has 0 saturated carbocycles. The molecule has 5 heteroatoms. The predicted molar refractivity (Wildman–Crippen MR) is 64.5 cm³/mol. The molecular weight excluding hydrogens is 312 g/mol. The zero-order valence-electron chi connectivity index (χ0n) is 8.93. The van der Waals surface area contributed by atoms with Gasteiger partial charge in [-0.2, -0.15) is 13.2 Å². The quantitative estimate of drug-likeness (QED) is 0.628. The van der Waals surface area contributed by atoms with Crippen molar-refractivity contribution in [2.75, 3.05) is 0 Å². The minimum atomic E-state index is -4.45. The van der Waals surface area contributed by atoms with Crippen LogP contribution in [0.4, 0.5) is 17.6 Å². The number of alkyl halides is 3. The second-order valence-electron chi connectivity index (χ2n) is 3.69. The lowest BCUT2D eigenvalue weighted by Gasteiger charge is -2.13. The van der Waals surface area contributed by atoms with Gasteiger partial charge in [-0.25, -0.2) is 4.39 Å². The van der Waals surface area contributed by atoms with Crippen molar-refractivity contribution in [2.24, 2.45) is 0 Å². The van der Waals surface area contributed by atoms with Crippen LogP contribution in [0.25, 0.3) is 11.1 Å². The SMILES string of the molecule is Fc1ccc(-c2ccc(Br)cc2C(F)(F)F)cc1. The average molecular weight is 319 g/mol. The summed E-state index contributed by atoms with van der Waals surface area (Å²) in [7, 11) is 0. The lowest BCUT2D eigenvalue weighted by molar-refractivity contribution is -0.137. The minimum Gasteiger partial charge on any atom is -0.207 e. The molecule has 0 saturated heterocycles. The highest BCUT2D eigenvalue weighted by Gasteiger charge is 2.33. The zero-order chi connectivity index (χ0) is 13.3. The van der Waals surface area contributed by atoms with E-state index in [1.165, 1.54) is 24.3 Å². The molecule has 0 radical (unpaired) electrons. The Morgan fingerprint density at radius 1 is 0.889 bits per heavy atom. The first-order chi connectivity index (χ1) is 8.38. The molecule has 0 nitrogen and oxygen atoms in total. The molecule has 2 aromatic carbocycles. The van der Waals surface area contributed by atoms with Gasteiger partial charge in [0.1, 0.15) is 5.82 Å². The summed E-state index contributed by atoms with van der Waals surface area (Å²) >= 11 is 3.01. The van der Waals surface area contributed by atoms with E-state index < -0.39 is 17.6 Å². The zero-order valence-corrected chi connectivity index (χ0v) is 10.5. The van der Waals surface area contributed by atoms with Crippen LogP contribution < -0.4 is 0 Å². The summed E-state index contributed by atoms with van der Waals surface area (Å²) in [5.41, 5.74) is -0.384. The smallest absolute Gasteiger partial charge is 0.207 e. The van der Waals surface area contributed by atoms with Crippen LogP contribution in [0.3, 0.4) is 0 Å². The van der Waals surface area contributed by atoms with E-state index in [-0.39, 0.29) is 5.56 Å². The van der Waals surface area contributed by atoms with Crippen LogP contribution in [-0.2, 0) is 6.18 Å². The highest BCUT2D eigenvalue weighted by atomic mass is 79.9. The van der Waals surface area contributed by atoms with E-state index in [0.29, 0.717) is 10.0 Å². The molecule has 94 valence electrons. The summed E-state index contributed by atoms with van der Waals surface area (Å²) in [6.07, 6.45) is -4.45. The van der Waals surface area contributed by atoms with Gasteiger partial charge in [-0.1, -0.05) is 34.1 Å². The summed E-state index contributed by atoms with van der Waals surface area (Å²) in [5, 5.41) is 0. The van der Waals surface area contributed by atoms with Crippen molar-refractivity contribution in [3.63, 3.8) is 0 Å². The van der Waals surface area contributed by atoms with E-state index in [9.17, 15) is 17.6 Å². The second kappa shape index (κ2) is 4.72. The maximum absolute atomic E-state index is 12.9. The van der Waals surface area contributed by atoms with Crippen molar-refractivity contribution >= 4 is 15.9 Å². The Morgan fingerprint density at radius 3 is 2.06 bits per heavy atom. The standard InChI is InChI=1S/C13H7BrF4/c14-9-3-6-11(12(7-9)13(16,17)18)8-1-4-10(15)5-2-8/h1-7H. The first-order valence-corrected chi connectivity index (χ1v) is 5.80. The molecular formula is C13H7BrF4. The van der Waals surface area contributed by atoms with Crippen molar-refractivity contribution in [1.82, 2.24) is 0 Å². The fourth-order valence-corrected chi connectivity index (χ4v) is 1.99. The highest BCUT2D eigenvalue weighted by molar-refractivity contribution is 9.10. The number of rotatable bonds is 1. The molecule has 0 atom stereocenters. The Labute approximate surface area is 109 Å². The molecule has 2 aromatic rings. The van der Waals surface area contributed by atoms with Gasteiger partial charge in [-0.15, -0.1) is 0 Å². The van der Waals surface area contributed by atoms with Gasteiger partial charge in [0, 0.05) is 4.47 Å². The van der Waals surface area contributed by atoms with Crippen molar-refractivity contribution in [3.05, 3.63) is 58.3 Å². The normalized spacial score (nSPS) is 11.6. The van der Waals surface area contributed by atoms with Gasteiger partial charge >= 0.3 is 6.18 Å². The molecule has 2 rings (SSSR count). The first-order valence-electron chi connectivity index (χ1n) is 5.00. The van der Waals surface area contributed by atoms with Crippen LogP contribution in [0, 0.1) is 5.82 Å². The minimum absolute atomic E-state index is 0.0331. The average Bonchev–Trinajstić information content (AvgIpc) is 2.29. The van der Waals surface area contributed by atoms with E-state index in [4.69, 9.17) is 0 Å². The fourth-order valence-electron chi connectivity index (χ4n) is 1.63. The van der Waals surface area contributed by atoms with Crippen LogP contribution in [0.5, 0.6) is 0 Å². The van der Waals surface area contributed by atoms with Gasteiger partial charge in [-0.05, 0) is 35.4 Å². The van der Waals surface area contributed by atoms with Gasteiger partial charge in [0.15, 0.2) is 0 Å². The highest BCUT2D eigenvalue weighted by Crippen LogP contribution is 2.38. The molecule has 0 unspecified atom stereocenters. The summed E-state index contributed by atoms with van der Waals surface area (Å²) in [4.78, 5) is 0. The molecule has 0 heterocycles. The molecule has 0 spiro atoms. The molecule has 0 N–H and O–H groups in total. The topological polar surface area (TPSA) is 0 Å². The van der Waals surface area contributed by atoms with Gasteiger partial charge in [0.05, 0.1) is 5.56 Å². The summed E-state index contributed by atoms with van der Waals surface area (Å²) in [6, 6.07) is 8.82. The largest absolute Gasteiger partial charge is 0.417 e. The Morgan fingerprint density at radius 2 is 1.50 bits per heavy atom. The monoisotopic (exact) mass is 318 g/mol. The number of hydrogen-bond donors (Lipinski definition) is 0. The molecule has 0 aliphatic carbocycles. The van der Waals surface area contributed by atoms with E-state index in [0.717, 1.165) is 18.2 Å². The van der Waals surface area contributed by atoms with Gasteiger partial charge < -0.3 is 0 Å². The predicted octanol–water partition coefficient (Wildman–Crippen LogP) is 5.27. The lowest BCUT2D eigenvalue weighted by atomic mass is 9.99. The third-order valence-corrected chi connectivity index (χ3v) is 2.94. The van der Waals surface area contributed by atoms with Crippen LogP contribution in [0.2, 0.25) is 0 Å². The Kier molecular flexibility index (Phi) is 3.43. The molecule has 0 fully saturated rings. The number of benzene rings is 2. The maximum atomic E-state index is 12.9. The Hall–Kier alpha value is -1.36. The first kappa shape index (κ1) is 13.1. The molecule has 18 heavy (non-hydrogen) atoms. The van der Waals surface area contributed by atoms with Crippen LogP contribution in [0.15, 0.2) is 46.9 Å². The van der Waals surface area contributed by atoms with Crippen LogP contribution in [-0.4, -0.2) is 0 Å². The summed E-state index contributed by atoms with van der Waals surface area (Å²) in [6.45, 7) is 0. The molecule has 0 amide bonds. The van der Waals surface area contributed by atoms with E-state index in [1.807, 2.05) is 0 Å². The van der Waals surface area contributed by atoms with E-state index in [2.05, 4.69) is 15.9 Å². The van der Waals surface area contributed by atoms with Gasteiger partial charge in [0.2, 0.25) is 0 Å². The third-order valence-electron chi connectivity index (χ3n) is 2.44. The van der Waals surface area contributed by atoms with Gasteiger partial charge in [0.25, 0.3) is 0 Å². The fraction of sp³-hybridized carbons (Fsp3) is 0.0769. The Bertz CT molecular complexity index is 558. The van der Waals surface area contributed by atoms with Crippen molar-refractivity contribution in [1.29, 1.82) is 0 Å². The summed E-state index contributed by atoms with van der Waals surface area (Å²) < 4.78 is 51.8. The molecule has 0 aromatic heterocycles. The third kappa shape index (κ3) is 2.72. The second-order valence-corrected chi connectivity index (χ2v) is 4.61. The van der Waals surface area contributed by atoms with Crippen molar-refractivity contribution in [3.8, 4) is 11.1 Å². The van der Waals surface area contributed by atoms with Crippen molar-refractivity contribution in [2.45, 2.75) is 6.18 Å². The number of hydrogen-bond acceptors (Lipinski definition) is 0. The molecule has 0 bridgehead atoms. The van der Waals surface area contributed by atoms with E-state index >= 15 is 0 Å². The van der Waals surface area contributed by atoms with Crippen molar-refractivity contribution < 1.29 is 17.6 Å². The molecule has 0 aliphatic heterocycles. The molecule has 0 aliphatic rings. The Balaban J connectivity index is 2.60. The van der Waals surface area contributed by atoms with Crippen LogP contribution >= 0.6 is 15.9 Å². The maximum Gasteiger partial charge on any atom is 0.417 e. The van der Waals surface area contributed by atoms with Gasteiger partial charge in [-0.3, -0.25) is 0 Å². The number of halogens is 5.